The largest absolute Gasteiger partial charge is 0.484 e. The zero-order valence-electron chi connectivity index (χ0n) is 19.3. The van der Waals surface area contributed by atoms with E-state index in [1.54, 1.807) is 29.2 Å². The van der Waals surface area contributed by atoms with Gasteiger partial charge in [-0.15, -0.1) is 23.7 Å². The van der Waals surface area contributed by atoms with E-state index >= 15 is 0 Å². The van der Waals surface area contributed by atoms with Crippen molar-refractivity contribution in [2.45, 2.75) is 27.2 Å². The lowest BCUT2D eigenvalue weighted by Gasteiger charge is -2.23. The van der Waals surface area contributed by atoms with Gasteiger partial charge in [0.15, 0.2) is 11.7 Å². The fourth-order valence-corrected chi connectivity index (χ4v) is 4.32. The van der Waals surface area contributed by atoms with Crippen LogP contribution in [-0.4, -0.2) is 48.6 Å². The summed E-state index contributed by atoms with van der Waals surface area (Å²) in [7, 11) is 0. The van der Waals surface area contributed by atoms with Gasteiger partial charge in [0.25, 0.3) is 5.91 Å². The maximum atomic E-state index is 13.1. The highest BCUT2D eigenvalue weighted by Gasteiger charge is 2.20. The number of halogens is 2. The number of benzene rings is 2. The molecular formula is C25H31Cl2N3O2S. The maximum absolute atomic E-state index is 13.1. The van der Waals surface area contributed by atoms with Gasteiger partial charge in [0, 0.05) is 22.5 Å². The van der Waals surface area contributed by atoms with Gasteiger partial charge in [0.1, 0.15) is 5.75 Å². The van der Waals surface area contributed by atoms with E-state index in [0.717, 1.165) is 37.3 Å². The summed E-state index contributed by atoms with van der Waals surface area (Å²) >= 11 is 7.42. The van der Waals surface area contributed by atoms with Crippen molar-refractivity contribution in [3.63, 3.8) is 0 Å². The third-order valence-electron chi connectivity index (χ3n) is 5.30. The highest BCUT2D eigenvalue weighted by Crippen LogP contribution is 2.28. The van der Waals surface area contributed by atoms with Gasteiger partial charge < -0.3 is 9.64 Å². The molecule has 1 heterocycles. The monoisotopic (exact) mass is 507 g/mol. The molecule has 1 amide bonds. The van der Waals surface area contributed by atoms with Crippen molar-refractivity contribution < 1.29 is 9.53 Å². The zero-order valence-corrected chi connectivity index (χ0v) is 21.7. The Morgan fingerprint density at radius 2 is 1.70 bits per heavy atom. The normalized spacial score (nSPS) is 10.7. The fourth-order valence-electron chi connectivity index (χ4n) is 3.32. The van der Waals surface area contributed by atoms with Crippen molar-refractivity contribution in [1.82, 2.24) is 9.88 Å². The number of rotatable bonds is 11. The molecule has 3 rings (SSSR count). The number of carbonyl (C=O) groups excluding carboxylic acids is 1. The Kier molecular flexibility index (Phi) is 11.1. The van der Waals surface area contributed by atoms with E-state index in [1.165, 1.54) is 16.9 Å². The maximum Gasteiger partial charge on any atom is 0.266 e. The molecule has 3 aromatic rings. The van der Waals surface area contributed by atoms with Crippen molar-refractivity contribution in [2.75, 3.05) is 37.7 Å². The Balaban J connectivity index is 0.00000385. The summed E-state index contributed by atoms with van der Waals surface area (Å²) < 4.78 is 5.72. The molecule has 0 unspecified atom stereocenters. The third kappa shape index (κ3) is 8.00. The van der Waals surface area contributed by atoms with Crippen LogP contribution in [-0.2, 0) is 4.79 Å². The first-order valence-electron chi connectivity index (χ1n) is 10.9. The second-order valence-electron chi connectivity index (χ2n) is 7.55. The number of nitrogens with zero attached hydrogens (tertiary/aromatic N) is 3. The highest BCUT2D eigenvalue weighted by atomic mass is 35.5. The minimum Gasteiger partial charge on any atom is -0.484 e. The number of amides is 1. The lowest BCUT2D eigenvalue weighted by atomic mass is 10.1. The van der Waals surface area contributed by atoms with E-state index in [-0.39, 0.29) is 24.9 Å². The molecule has 0 fully saturated rings. The third-order valence-corrected chi connectivity index (χ3v) is 6.41. The van der Waals surface area contributed by atoms with Crippen molar-refractivity contribution >= 4 is 46.4 Å². The summed E-state index contributed by atoms with van der Waals surface area (Å²) in [6, 6.07) is 15.3. The van der Waals surface area contributed by atoms with Crippen molar-refractivity contribution in [3.05, 3.63) is 64.5 Å². The Hall–Kier alpha value is -2.12. The quantitative estimate of drug-likeness (QED) is 0.303. The van der Waals surface area contributed by atoms with Crippen LogP contribution in [0.15, 0.2) is 53.9 Å². The summed E-state index contributed by atoms with van der Waals surface area (Å²) in [5, 5.41) is 3.34. The summed E-state index contributed by atoms with van der Waals surface area (Å²) in [5.74, 6) is 0.509. The number of hydrogen-bond acceptors (Lipinski definition) is 5. The minimum absolute atomic E-state index is 0. The second-order valence-corrected chi connectivity index (χ2v) is 8.82. The van der Waals surface area contributed by atoms with Crippen LogP contribution >= 0.6 is 35.3 Å². The van der Waals surface area contributed by atoms with E-state index in [9.17, 15) is 4.79 Å². The van der Waals surface area contributed by atoms with Crippen LogP contribution in [0.25, 0.3) is 11.3 Å². The van der Waals surface area contributed by atoms with Gasteiger partial charge in [-0.25, -0.2) is 4.98 Å². The summed E-state index contributed by atoms with van der Waals surface area (Å²) in [6.07, 6.45) is 0.869. The number of ether oxygens (including phenoxy) is 1. The van der Waals surface area contributed by atoms with E-state index in [1.807, 2.05) is 5.38 Å². The standard InChI is InChI=1S/C25H30ClN3O2S.ClH/c1-4-28(5-2)15-6-16-29(24(30)17-31-22-13-11-21(26)12-14-22)25-27-23(18-32-25)20-9-7-19(3)8-10-20;/h7-14,18H,4-6,15-17H2,1-3H3;1H. The van der Waals surface area contributed by atoms with Crippen LogP contribution in [0.5, 0.6) is 5.75 Å². The Bertz CT molecular complexity index is 990. The topological polar surface area (TPSA) is 45.7 Å². The molecule has 33 heavy (non-hydrogen) atoms. The molecule has 2 aromatic carbocycles. The Morgan fingerprint density at radius 3 is 2.33 bits per heavy atom. The predicted octanol–water partition coefficient (Wildman–Crippen LogP) is 6.34. The molecule has 0 N–H and O–H groups in total. The van der Waals surface area contributed by atoms with E-state index in [0.29, 0.717) is 22.4 Å². The van der Waals surface area contributed by atoms with Crippen LogP contribution in [0.2, 0.25) is 5.02 Å². The molecule has 0 aliphatic heterocycles. The molecular weight excluding hydrogens is 477 g/mol. The molecule has 8 heteroatoms. The van der Waals surface area contributed by atoms with E-state index in [2.05, 4.69) is 49.9 Å². The van der Waals surface area contributed by atoms with E-state index < -0.39 is 0 Å². The number of aryl methyl sites for hydroxylation is 1. The molecule has 0 spiro atoms. The highest BCUT2D eigenvalue weighted by molar-refractivity contribution is 7.14. The van der Waals surface area contributed by atoms with Gasteiger partial charge in [0.05, 0.1) is 5.69 Å². The van der Waals surface area contributed by atoms with Crippen molar-refractivity contribution in [2.24, 2.45) is 0 Å². The van der Waals surface area contributed by atoms with Gasteiger partial charge in [-0.2, -0.15) is 0 Å². The fraction of sp³-hybridized carbons (Fsp3) is 0.360. The second kappa shape index (κ2) is 13.6. The van der Waals surface area contributed by atoms with Crippen molar-refractivity contribution in [3.8, 4) is 17.0 Å². The van der Waals surface area contributed by atoms with Crippen molar-refractivity contribution in [1.29, 1.82) is 0 Å². The molecule has 0 saturated heterocycles. The number of anilines is 1. The van der Waals surface area contributed by atoms with Crippen LogP contribution in [0.4, 0.5) is 5.13 Å². The zero-order chi connectivity index (χ0) is 22.9. The van der Waals surface area contributed by atoms with Gasteiger partial charge in [-0.05, 0) is 57.2 Å². The minimum atomic E-state index is -0.107. The van der Waals surface area contributed by atoms with Gasteiger partial charge in [0.2, 0.25) is 0 Å². The van der Waals surface area contributed by atoms with Crippen LogP contribution in [0, 0.1) is 6.92 Å². The summed E-state index contributed by atoms with van der Waals surface area (Å²) in [5.41, 5.74) is 3.13. The molecule has 0 atom stereocenters. The summed E-state index contributed by atoms with van der Waals surface area (Å²) in [6.45, 7) is 9.85. The number of aromatic nitrogens is 1. The van der Waals surface area contributed by atoms with Gasteiger partial charge >= 0.3 is 0 Å². The van der Waals surface area contributed by atoms with Gasteiger partial charge in [-0.1, -0.05) is 55.3 Å². The first kappa shape index (κ1) is 27.1. The Morgan fingerprint density at radius 1 is 1.03 bits per heavy atom. The van der Waals surface area contributed by atoms with Crippen LogP contribution in [0.3, 0.4) is 0 Å². The lowest BCUT2D eigenvalue weighted by molar-refractivity contribution is -0.120. The van der Waals surface area contributed by atoms with E-state index in [4.69, 9.17) is 21.3 Å². The first-order valence-corrected chi connectivity index (χ1v) is 12.2. The molecule has 5 nitrogen and oxygen atoms in total. The smallest absolute Gasteiger partial charge is 0.266 e. The molecule has 0 radical (unpaired) electrons. The van der Waals surface area contributed by atoms with Crippen LogP contribution < -0.4 is 9.64 Å². The summed E-state index contributed by atoms with van der Waals surface area (Å²) in [4.78, 5) is 22.0. The lowest BCUT2D eigenvalue weighted by Crippen LogP contribution is -2.37. The molecule has 0 saturated carbocycles. The average Bonchev–Trinajstić information content (AvgIpc) is 3.29. The predicted molar refractivity (Wildman–Crippen MR) is 141 cm³/mol. The van der Waals surface area contributed by atoms with Gasteiger partial charge in [-0.3, -0.25) is 9.69 Å². The molecule has 178 valence electrons. The molecule has 0 bridgehead atoms. The average molecular weight is 509 g/mol. The number of hydrogen-bond donors (Lipinski definition) is 0. The molecule has 0 aliphatic rings. The Labute approximate surface area is 211 Å². The first-order chi connectivity index (χ1) is 15.5. The van der Waals surface area contributed by atoms with Crippen LogP contribution in [0.1, 0.15) is 25.8 Å². The number of thiazole rings is 1. The SMILES string of the molecule is CCN(CC)CCCN(C(=O)COc1ccc(Cl)cc1)c1nc(-c2ccc(C)cc2)cs1.Cl. The molecule has 0 aliphatic carbocycles. The number of carbonyl (C=O) groups is 1. The molecule has 1 aromatic heterocycles.